The normalized spacial score (nSPS) is 43.4. The van der Waals surface area contributed by atoms with Crippen molar-refractivity contribution in [3.63, 3.8) is 0 Å². The van der Waals surface area contributed by atoms with E-state index in [9.17, 15) is 29.7 Å². The molecule has 0 aromatic carbocycles. The number of hydrogen-bond acceptors (Lipinski definition) is 9. The van der Waals surface area contributed by atoms with Crippen LogP contribution < -0.4 is 0 Å². The molecule has 0 bridgehead atoms. The first kappa shape index (κ1) is 34.3. The molecule has 9 heteroatoms. The van der Waals surface area contributed by atoms with Gasteiger partial charge in [-0.3, -0.25) is 14.4 Å². The van der Waals surface area contributed by atoms with Crippen LogP contribution in [0.15, 0.2) is 23.8 Å². The number of fused-ring (bicyclic) bond motifs is 5. The van der Waals surface area contributed by atoms with Crippen molar-refractivity contribution < 1.29 is 43.9 Å². The maximum atomic E-state index is 13.5. The first-order valence-electron chi connectivity index (χ1n) is 16.8. The molecule has 5 rings (SSSR count). The van der Waals surface area contributed by atoms with Crippen LogP contribution >= 0.6 is 0 Å². The molecule has 0 radical (unpaired) electrons. The Morgan fingerprint density at radius 3 is 2.40 bits per heavy atom. The van der Waals surface area contributed by atoms with Gasteiger partial charge in [0.05, 0.1) is 17.6 Å². The van der Waals surface area contributed by atoms with Crippen LogP contribution in [0, 0.1) is 51.8 Å². The summed E-state index contributed by atoms with van der Waals surface area (Å²) in [6.07, 6.45) is 4.49. The largest absolute Gasteiger partial charge is 0.462 e. The Kier molecular flexibility index (Phi) is 8.81. The third-order valence-corrected chi connectivity index (χ3v) is 12.7. The van der Waals surface area contributed by atoms with Crippen LogP contribution in [0.3, 0.4) is 0 Å². The third kappa shape index (κ3) is 5.53. The van der Waals surface area contributed by atoms with Crippen molar-refractivity contribution in [1.82, 2.24) is 0 Å². The number of ketones is 1. The van der Waals surface area contributed by atoms with Crippen LogP contribution in [0.5, 0.6) is 0 Å². The summed E-state index contributed by atoms with van der Waals surface area (Å²) in [5, 5.41) is 32.5. The zero-order chi connectivity index (χ0) is 33.4. The second kappa shape index (κ2) is 11.6. The van der Waals surface area contributed by atoms with Crippen molar-refractivity contribution in [2.75, 3.05) is 0 Å². The molecule has 4 aliphatic carbocycles. The van der Waals surface area contributed by atoms with Crippen molar-refractivity contribution in [2.24, 2.45) is 51.8 Å². The fourth-order valence-corrected chi connectivity index (χ4v) is 10.0. The summed E-state index contributed by atoms with van der Waals surface area (Å²) < 4.78 is 18.5. The van der Waals surface area contributed by atoms with E-state index in [1.54, 1.807) is 6.08 Å². The molecule has 0 amide bonds. The van der Waals surface area contributed by atoms with E-state index in [4.69, 9.17) is 14.2 Å². The highest BCUT2D eigenvalue weighted by Crippen LogP contribution is 2.69. The minimum atomic E-state index is -1.40. The molecular weight excluding hydrogens is 576 g/mol. The topological polar surface area (TPSA) is 140 Å². The fraction of sp³-hybridized carbons (Fsp3) is 0.806. The van der Waals surface area contributed by atoms with Crippen LogP contribution in [0.1, 0.15) is 94.4 Å². The van der Waals surface area contributed by atoms with Gasteiger partial charge in [0.2, 0.25) is 0 Å². The standard InChI is InChI=1S/C36H54O9/c1-10-18(2)31(40)45-25-17-36(9)21(20-15-24(44-32(20)41)30(39)34(6,7)42)11-12-22(36)28-23(43-19(3)37)16-26-33(4,5)27(38)13-14-35(26,8)29(25)28/h12-14,18,20-21,23-26,28-30,32,39,41-42H,10-11,15-17H2,1-9H3/t18-,20+,21+,23-,24-,25-,26+,28-,29+,30+,32?,35+,36+/m1/s1. The van der Waals surface area contributed by atoms with Gasteiger partial charge in [0.15, 0.2) is 12.1 Å². The molecule has 2 saturated carbocycles. The summed E-state index contributed by atoms with van der Waals surface area (Å²) >= 11 is 0. The highest BCUT2D eigenvalue weighted by Gasteiger charge is 2.68. The lowest BCUT2D eigenvalue weighted by Gasteiger charge is -2.63. The molecule has 13 atom stereocenters. The van der Waals surface area contributed by atoms with Gasteiger partial charge in [-0.1, -0.05) is 59.3 Å². The zero-order valence-electron chi connectivity index (χ0n) is 28.4. The number of hydrogen-bond donors (Lipinski definition) is 3. The van der Waals surface area contributed by atoms with Crippen molar-refractivity contribution in [2.45, 2.75) is 131 Å². The second-order valence-corrected chi connectivity index (χ2v) is 16.2. The monoisotopic (exact) mass is 630 g/mol. The molecule has 1 aliphatic heterocycles. The molecule has 1 saturated heterocycles. The van der Waals surface area contributed by atoms with E-state index in [2.05, 4.69) is 19.9 Å². The van der Waals surface area contributed by atoms with Gasteiger partial charge < -0.3 is 29.5 Å². The van der Waals surface area contributed by atoms with Crippen LogP contribution in [0.25, 0.3) is 0 Å². The van der Waals surface area contributed by atoms with Gasteiger partial charge in [-0.2, -0.15) is 0 Å². The molecule has 252 valence electrons. The Morgan fingerprint density at radius 2 is 1.80 bits per heavy atom. The summed E-state index contributed by atoms with van der Waals surface area (Å²) in [5.74, 6) is -2.01. The Balaban J connectivity index is 1.60. The summed E-state index contributed by atoms with van der Waals surface area (Å²) in [4.78, 5) is 39.3. The molecule has 3 fully saturated rings. The molecule has 5 aliphatic rings. The number of esters is 2. The molecule has 1 unspecified atom stereocenters. The van der Waals surface area contributed by atoms with E-state index in [-0.39, 0.29) is 47.3 Å². The van der Waals surface area contributed by atoms with Gasteiger partial charge in [-0.15, -0.1) is 0 Å². The number of carbonyl (C=O) groups is 3. The predicted octanol–water partition coefficient (Wildman–Crippen LogP) is 4.51. The van der Waals surface area contributed by atoms with Gasteiger partial charge in [0.25, 0.3) is 0 Å². The quantitative estimate of drug-likeness (QED) is 0.274. The molecular formula is C36H54O9. The average Bonchev–Trinajstić information content (AvgIpc) is 3.48. The molecule has 3 N–H and O–H groups in total. The highest BCUT2D eigenvalue weighted by molar-refractivity contribution is 5.95. The van der Waals surface area contributed by atoms with Gasteiger partial charge in [0.1, 0.15) is 18.3 Å². The predicted molar refractivity (Wildman–Crippen MR) is 166 cm³/mol. The van der Waals surface area contributed by atoms with Gasteiger partial charge >= 0.3 is 11.9 Å². The SMILES string of the molecule is CC[C@@H](C)C(=O)O[C@@H]1C[C@]2(C)C(=CC[C@H]2[C@@H]2C[C@H]([C@H](O)C(C)(C)O)OC2O)[C@H]2[C@H]1[C@@]1(C)C=CC(=O)C(C)(C)[C@@H]1C[C@H]2OC(C)=O. The summed E-state index contributed by atoms with van der Waals surface area (Å²) in [5.41, 5.74) is -2.01. The Labute approximate surface area is 267 Å². The first-order valence-corrected chi connectivity index (χ1v) is 16.8. The van der Waals surface area contributed by atoms with Gasteiger partial charge in [-0.25, -0.2) is 0 Å². The Hall–Kier alpha value is -2.07. The lowest BCUT2D eigenvalue weighted by atomic mass is 9.42. The fourth-order valence-electron chi connectivity index (χ4n) is 10.0. The summed E-state index contributed by atoms with van der Waals surface area (Å²) in [6.45, 7) is 16.5. The zero-order valence-corrected chi connectivity index (χ0v) is 28.4. The van der Waals surface area contributed by atoms with Crippen molar-refractivity contribution >= 4 is 17.7 Å². The molecule has 1 heterocycles. The number of aliphatic hydroxyl groups excluding tert-OH is 2. The van der Waals surface area contributed by atoms with E-state index in [0.29, 0.717) is 32.1 Å². The number of ether oxygens (including phenoxy) is 3. The van der Waals surface area contributed by atoms with E-state index in [1.807, 2.05) is 33.8 Å². The molecule has 45 heavy (non-hydrogen) atoms. The number of carbonyl (C=O) groups excluding carboxylic acids is 3. The Bertz CT molecular complexity index is 1260. The maximum absolute atomic E-state index is 13.5. The summed E-state index contributed by atoms with van der Waals surface area (Å²) in [6, 6.07) is 0. The minimum Gasteiger partial charge on any atom is -0.462 e. The average molecular weight is 631 g/mol. The maximum Gasteiger partial charge on any atom is 0.308 e. The van der Waals surface area contributed by atoms with E-state index in [1.165, 1.54) is 20.8 Å². The van der Waals surface area contributed by atoms with Crippen LogP contribution in [-0.2, 0) is 28.6 Å². The lowest BCUT2D eigenvalue weighted by molar-refractivity contribution is -0.199. The minimum absolute atomic E-state index is 0.0389. The number of allylic oxidation sites excluding steroid dienone is 3. The van der Waals surface area contributed by atoms with Crippen LogP contribution in [-0.4, -0.2) is 69.3 Å². The van der Waals surface area contributed by atoms with E-state index < -0.39 is 58.5 Å². The first-order chi connectivity index (χ1) is 20.8. The third-order valence-electron chi connectivity index (χ3n) is 12.7. The lowest BCUT2D eigenvalue weighted by Crippen LogP contribution is -2.64. The second-order valence-electron chi connectivity index (χ2n) is 16.2. The van der Waals surface area contributed by atoms with Gasteiger partial charge in [-0.05, 0) is 74.7 Å². The molecule has 9 nitrogen and oxygen atoms in total. The number of aliphatic hydroxyl groups is 3. The van der Waals surface area contributed by atoms with Crippen molar-refractivity contribution in [3.8, 4) is 0 Å². The Morgan fingerprint density at radius 1 is 1.13 bits per heavy atom. The highest BCUT2D eigenvalue weighted by atomic mass is 16.6. The van der Waals surface area contributed by atoms with Crippen LogP contribution in [0.4, 0.5) is 0 Å². The van der Waals surface area contributed by atoms with E-state index >= 15 is 0 Å². The molecule has 0 spiro atoms. The molecule has 0 aromatic rings. The number of rotatable bonds is 7. The van der Waals surface area contributed by atoms with E-state index in [0.717, 1.165) is 5.57 Å². The summed E-state index contributed by atoms with van der Waals surface area (Å²) in [7, 11) is 0. The van der Waals surface area contributed by atoms with Crippen molar-refractivity contribution in [1.29, 1.82) is 0 Å². The molecule has 0 aromatic heterocycles. The van der Waals surface area contributed by atoms with Crippen LogP contribution in [0.2, 0.25) is 0 Å². The van der Waals surface area contributed by atoms with Crippen molar-refractivity contribution in [3.05, 3.63) is 23.8 Å². The smallest absolute Gasteiger partial charge is 0.308 e. The van der Waals surface area contributed by atoms with Gasteiger partial charge in [0, 0.05) is 30.1 Å².